The average molecular weight is 726 g/mol. The van der Waals surface area contributed by atoms with Crippen LogP contribution in [0, 0.1) is 6.92 Å². The first-order chi connectivity index (χ1) is 22.9. The van der Waals surface area contributed by atoms with E-state index in [2.05, 4.69) is 48.6 Å². The Labute approximate surface area is 291 Å². The number of piperazine rings is 1. The number of hydrogen-bond acceptors (Lipinski definition) is 6. The van der Waals surface area contributed by atoms with Gasteiger partial charge in [-0.3, -0.25) is 14.7 Å². The minimum atomic E-state index is -0.146. The highest BCUT2D eigenvalue weighted by Gasteiger charge is 2.34. The molecular weight excluding hydrogens is 680 g/mol. The second-order valence-electron chi connectivity index (χ2n) is 13.3. The van der Waals surface area contributed by atoms with Gasteiger partial charge < -0.3 is 19.1 Å². The van der Waals surface area contributed by atoms with Gasteiger partial charge in [0.05, 0.1) is 23.8 Å². The summed E-state index contributed by atoms with van der Waals surface area (Å²) in [4.78, 5) is 38.8. The fraction of sp³-hybridized carbons (Fsp3) is 0.556. The molecule has 2 aliphatic heterocycles. The van der Waals surface area contributed by atoms with Gasteiger partial charge in [-0.1, -0.05) is 24.1 Å². The average Bonchev–Trinajstić information content (AvgIpc) is 3.69. The number of halogens is 2. The molecule has 1 saturated carbocycles. The van der Waals surface area contributed by atoms with Gasteiger partial charge in [-0.15, -0.1) is 0 Å². The lowest BCUT2D eigenvalue weighted by Crippen LogP contribution is -2.50. The highest BCUT2D eigenvalue weighted by Crippen LogP contribution is 2.38. The van der Waals surface area contributed by atoms with Crippen molar-refractivity contribution in [2.75, 3.05) is 32.7 Å². The van der Waals surface area contributed by atoms with Crippen LogP contribution < -0.4 is 0 Å². The van der Waals surface area contributed by atoms with Crippen LogP contribution in [0.3, 0.4) is 0 Å². The number of pyridine rings is 1. The van der Waals surface area contributed by atoms with E-state index in [-0.39, 0.29) is 18.2 Å². The number of likely N-dealkylation sites (tertiary alicyclic amines) is 1. The molecule has 0 N–H and O–H groups in total. The zero-order valence-corrected chi connectivity index (χ0v) is 29.7. The number of carbonyl (C=O) groups excluding carboxylic acids is 2. The lowest BCUT2D eigenvalue weighted by atomic mass is 9.96. The third-order valence-electron chi connectivity index (χ3n) is 10.1. The predicted octanol–water partition coefficient (Wildman–Crippen LogP) is 6.97. The van der Waals surface area contributed by atoms with Crippen LogP contribution in [0.1, 0.15) is 85.5 Å². The smallest absolute Gasteiger partial charge is 0.410 e. The van der Waals surface area contributed by atoms with Crippen LogP contribution in [0.15, 0.2) is 47.5 Å². The number of rotatable bonds is 6. The van der Waals surface area contributed by atoms with Crippen molar-refractivity contribution < 1.29 is 14.3 Å². The molecule has 2 atom stereocenters. The van der Waals surface area contributed by atoms with E-state index in [0.29, 0.717) is 19.1 Å². The molecule has 1 aromatic carbocycles. The molecule has 4 aliphatic rings. The van der Waals surface area contributed by atoms with E-state index in [9.17, 15) is 9.59 Å². The molecule has 11 heteroatoms. The molecule has 2 saturated heterocycles. The summed E-state index contributed by atoms with van der Waals surface area (Å²) >= 11 is 9.93. The number of nitrogens with zero attached hydrogens (tertiary/aromatic N) is 6. The van der Waals surface area contributed by atoms with Crippen LogP contribution in [0.25, 0.3) is 0 Å². The lowest BCUT2D eigenvalue weighted by Gasteiger charge is -2.39. The van der Waals surface area contributed by atoms with Crippen molar-refractivity contribution in [2.24, 2.45) is 0 Å². The van der Waals surface area contributed by atoms with Gasteiger partial charge in [-0.25, -0.2) is 9.78 Å². The molecule has 7 rings (SSSR count). The monoisotopic (exact) mass is 724 g/mol. The Kier molecular flexibility index (Phi) is 11.5. The van der Waals surface area contributed by atoms with E-state index in [4.69, 9.17) is 21.3 Å². The molecule has 2 unspecified atom stereocenters. The maximum atomic E-state index is 12.7. The quantitative estimate of drug-likeness (QED) is 0.255. The molecule has 3 fully saturated rings. The summed E-state index contributed by atoms with van der Waals surface area (Å²) in [6.45, 7) is 6.82. The number of amides is 2. The molecule has 0 bridgehead atoms. The second-order valence-corrected chi connectivity index (χ2v) is 14.6. The first-order valence-corrected chi connectivity index (χ1v) is 18.4. The maximum Gasteiger partial charge on any atom is 0.410 e. The first-order valence-electron chi connectivity index (χ1n) is 17.2. The van der Waals surface area contributed by atoms with E-state index < -0.39 is 0 Å². The summed E-state index contributed by atoms with van der Waals surface area (Å²) in [5.74, 6) is 0. The van der Waals surface area contributed by atoms with Crippen molar-refractivity contribution in [2.45, 2.75) is 95.9 Å². The number of ether oxygens (including phenoxy) is 1. The molecular formula is C36H46BrClN6O3. The summed E-state index contributed by atoms with van der Waals surface area (Å²) in [7, 11) is 0. The summed E-state index contributed by atoms with van der Waals surface area (Å²) in [5, 5.41) is 0.776. The van der Waals surface area contributed by atoms with Gasteiger partial charge in [0.25, 0.3) is 0 Å². The molecule has 47 heavy (non-hydrogen) atoms. The molecule has 3 aromatic rings. The van der Waals surface area contributed by atoms with E-state index in [0.717, 1.165) is 98.4 Å². The summed E-state index contributed by atoms with van der Waals surface area (Å²) in [6, 6.07) is 8.94. The summed E-state index contributed by atoms with van der Waals surface area (Å²) < 4.78 is 8.91. The van der Waals surface area contributed by atoms with Crippen molar-refractivity contribution in [1.29, 1.82) is 0 Å². The molecule has 252 valence electrons. The van der Waals surface area contributed by atoms with Crippen LogP contribution in [0.5, 0.6) is 0 Å². The van der Waals surface area contributed by atoms with Crippen LogP contribution in [0.2, 0.25) is 5.02 Å². The minimum Gasteiger partial charge on any atom is -0.446 e. The lowest BCUT2D eigenvalue weighted by molar-refractivity contribution is -0.118. The summed E-state index contributed by atoms with van der Waals surface area (Å²) in [6.07, 6.45) is 17.5. The molecule has 4 heterocycles. The van der Waals surface area contributed by atoms with Crippen molar-refractivity contribution in [3.8, 4) is 0 Å². The zero-order valence-electron chi connectivity index (χ0n) is 27.3. The van der Waals surface area contributed by atoms with E-state index >= 15 is 0 Å². The van der Waals surface area contributed by atoms with Crippen molar-refractivity contribution >= 4 is 40.0 Å². The van der Waals surface area contributed by atoms with Crippen LogP contribution >= 0.6 is 27.5 Å². The third-order valence-corrected chi connectivity index (χ3v) is 10.8. The van der Waals surface area contributed by atoms with Crippen molar-refractivity contribution in [1.82, 2.24) is 29.2 Å². The molecule has 9 nitrogen and oxygen atoms in total. The highest BCUT2D eigenvalue weighted by atomic mass is 79.9. The highest BCUT2D eigenvalue weighted by molar-refractivity contribution is 9.10. The predicted molar refractivity (Wildman–Crippen MR) is 187 cm³/mol. The maximum absolute atomic E-state index is 12.7. The van der Waals surface area contributed by atoms with E-state index in [1.54, 1.807) is 0 Å². The van der Waals surface area contributed by atoms with Gasteiger partial charge in [0, 0.05) is 67.2 Å². The van der Waals surface area contributed by atoms with Gasteiger partial charge in [0.15, 0.2) is 0 Å². The van der Waals surface area contributed by atoms with Crippen LogP contribution in [-0.2, 0) is 28.9 Å². The van der Waals surface area contributed by atoms with E-state index in [1.165, 1.54) is 36.0 Å². The Morgan fingerprint density at radius 1 is 1.00 bits per heavy atom. The van der Waals surface area contributed by atoms with Crippen LogP contribution in [0.4, 0.5) is 4.79 Å². The number of hydrogen-bond donors (Lipinski definition) is 0. The number of aromatic nitrogens is 3. The summed E-state index contributed by atoms with van der Waals surface area (Å²) in [5.41, 5.74) is 6.01. The SMILES string of the molecule is Cc1cn(CCC2CCCN2C=O)cn1.O=C(OC1CCCCC1)N1CCN(C2c3ccc(Cl)cc3CCc3cc(Br)cnc32)CC1. The number of carbonyl (C=O) groups is 2. The number of benzene rings is 1. The minimum absolute atomic E-state index is 0.0735. The molecule has 2 aromatic heterocycles. The Hall–Kier alpha value is -2.95. The van der Waals surface area contributed by atoms with Gasteiger partial charge in [0.2, 0.25) is 6.41 Å². The fourth-order valence-electron chi connectivity index (χ4n) is 7.54. The molecule has 0 spiro atoms. The Morgan fingerprint density at radius 3 is 2.53 bits per heavy atom. The molecule has 2 amide bonds. The number of aryl methyl sites for hydroxylation is 4. The normalized spacial score (nSPS) is 21.7. The Bertz CT molecular complexity index is 1470. The van der Waals surface area contributed by atoms with Gasteiger partial charge in [-0.05, 0) is 116 Å². The van der Waals surface area contributed by atoms with Gasteiger partial charge in [0.1, 0.15) is 6.10 Å². The topological polar surface area (TPSA) is 83.8 Å². The van der Waals surface area contributed by atoms with Gasteiger partial charge in [-0.2, -0.15) is 0 Å². The van der Waals surface area contributed by atoms with E-state index in [1.807, 2.05) is 41.5 Å². The Morgan fingerprint density at radius 2 is 1.79 bits per heavy atom. The molecule has 0 radical (unpaired) electrons. The molecule has 2 aliphatic carbocycles. The van der Waals surface area contributed by atoms with Crippen LogP contribution in [-0.4, -0.2) is 86.6 Å². The number of imidazole rings is 1. The Balaban J connectivity index is 0.000000215. The third kappa shape index (κ3) is 8.56. The first kappa shape index (κ1) is 33.9. The fourth-order valence-corrected chi connectivity index (χ4v) is 8.12. The second kappa shape index (κ2) is 16.0. The number of fused-ring (bicyclic) bond motifs is 2. The van der Waals surface area contributed by atoms with Crippen molar-refractivity contribution in [3.05, 3.63) is 80.6 Å². The van der Waals surface area contributed by atoms with Gasteiger partial charge >= 0.3 is 6.09 Å². The van der Waals surface area contributed by atoms with Crippen molar-refractivity contribution in [3.63, 3.8) is 0 Å². The zero-order chi connectivity index (χ0) is 32.8. The largest absolute Gasteiger partial charge is 0.446 e. The standard InChI is InChI=1S/C25H29BrClN3O2.C11H17N3O/c26-19-14-18-7-6-17-15-20(27)8-9-22(17)24(23(18)28-16-19)29-10-12-30(13-11-29)25(31)32-21-4-2-1-3-5-21;1-10-7-13(8-12-10)6-4-11-3-2-5-14(11)9-15/h8-9,14-16,21,24H,1-7,10-13H2;7-9,11H,2-6H2,1H3.